The second-order valence-corrected chi connectivity index (χ2v) is 4.29. The number of nitrogens with zero attached hydrogens (tertiary/aromatic N) is 2. The summed E-state index contributed by atoms with van der Waals surface area (Å²) in [5.41, 5.74) is 5.81. The molecule has 2 rings (SSSR count). The summed E-state index contributed by atoms with van der Waals surface area (Å²) < 4.78 is 2.14. The summed E-state index contributed by atoms with van der Waals surface area (Å²) in [6.45, 7) is 2.28. The molecule has 0 spiro atoms. The highest BCUT2D eigenvalue weighted by Gasteiger charge is 2.22. The van der Waals surface area contributed by atoms with Gasteiger partial charge in [0.25, 0.3) is 0 Å². The maximum atomic E-state index is 5.81. The van der Waals surface area contributed by atoms with Gasteiger partial charge in [0, 0.05) is 18.4 Å². The standard InChI is InChI=1S/C11H19N3/c1-2-9-4-3-5-10(8-9)14-7-6-13-11(14)12/h6-7,9-10H,2-5,8H2,1H3,(H2,12,13). The van der Waals surface area contributed by atoms with Crippen LogP contribution in [0.3, 0.4) is 0 Å². The van der Waals surface area contributed by atoms with Crippen LogP contribution in [0.25, 0.3) is 0 Å². The van der Waals surface area contributed by atoms with Gasteiger partial charge in [-0.15, -0.1) is 0 Å². The number of hydrogen-bond donors (Lipinski definition) is 1. The van der Waals surface area contributed by atoms with Crippen molar-refractivity contribution >= 4 is 5.95 Å². The molecule has 1 saturated carbocycles. The van der Waals surface area contributed by atoms with Crippen molar-refractivity contribution in [2.24, 2.45) is 5.92 Å². The number of nitrogens with two attached hydrogens (primary N) is 1. The zero-order valence-electron chi connectivity index (χ0n) is 8.82. The fraction of sp³-hybridized carbons (Fsp3) is 0.727. The molecule has 0 aliphatic heterocycles. The molecule has 0 amide bonds. The molecule has 1 aromatic heterocycles. The third kappa shape index (κ3) is 1.76. The van der Waals surface area contributed by atoms with Crippen molar-refractivity contribution in [2.75, 3.05) is 5.73 Å². The number of nitrogen functional groups attached to an aromatic ring is 1. The second kappa shape index (κ2) is 4.03. The van der Waals surface area contributed by atoms with Gasteiger partial charge in [0.1, 0.15) is 0 Å². The average Bonchev–Trinajstić information content (AvgIpc) is 2.65. The molecule has 2 atom stereocenters. The Kier molecular flexibility index (Phi) is 2.75. The molecule has 3 nitrogen and oxygen atoms in total. The minimum absolute atomic E-state index is 0.594. The van der Waals surface area contributed by atoms with Gasteiger partial charge in [-0.05, 0) is 18.8 Å². The van der Waals surface area contributed by atoms with Gasteiger partial charge in [0.2, 0.25) is 0 Å². The van der Waals surface area contributed by atoms with Crippen LogP contribution < -0.4 is 5.73 Å². The number of anilines is 1. The Balaban J connectivity index is 2.08. The normalized spacial score (nSPS) is 27.8. The summed E-state index contributed by atoms with van der Waals surface area (Å²) in [6, 6.07) is 0.594. The molecule has 1 aliphatic carbocycles. The van der Waals surface area contributed by atoms with Crippen molar-refractivity contribution in [3.8, 4) is 0 Å². The van der Waals surface area contributed by atoms with E-state index < -0.39 is 0 Å². The van der Waals surface area contributed by atoms with Crippen LogP contribution in [0.5, 0.6) is 0 Å². The first kappa shape index (κ1) is 9.56. The van der Waals surface area contributed by atoms with E-state index in [0.717, 1.165) is 5.92 Å². The summed E-state index contributed by atoms with van der Waals surface area (Å²) in [4.78, 5) is 4.08. The highest BCUT2D eigenvalue weighted by atomic mass is 15.2. The number of rotatable bonds is 2. The van der Waals surface area contributed by atoms with Crippen molar-refractivity contribution in [1.82, 2.24) is 9.55 Å². The van der Waals surface area contributed by atoms with E-state index >= 15 is 0 Å². The lowest BCUT2D eigenvalue weighted by atomic mass is 9.84. The predicted octanol–water partition coefficient (Wildman–Crippen LogP) is 2.61. The molecule has 0 saturated heterocycles. The van der Waals surface area contributed by atoms with E-state index in [4.69, 9.17) is 5.73 Å². The molecule has 0 bridgehead atoms. The summed E-state index contributed by atoms with van der Waals surface area (Å²) in [5.74, 6) is 1.56. The zero-order chi connectivity index (χ0) is 9.97. The minimum atomic E-state index is 0.594. The molecular weight excluding hydrogens is 174 g/mol. The molecule has 14 heavy (non-hydrogen) atoms. The van der Waals surface area contributed by atoms with Crippen molar-refractivity contribution in [3.63, 3.8) is 0 Å². The third-order valence-electron chi connectivity index (χ3n) is 3.42. The lowest BCUT2D eigenvalue weighted by molar-refractivity contribution is 0.263. The first-order valence-corrected chi connectivity index (χ1v) is 5.59. The van der Waals surface area contributed by atoms with Crippen LogP contribution >= 0.6 is 0 Å². The van der Waals surface area contributed by atoms with E-state index in [1.165, 1.54) is 32.1 Å². The van der Waals surface area contributed by atoms with Crippen molar-refractivity contribution in [1.29, 1.82) is 0 Å². The van der Waals surface area contributed by atoms with Crippen molar-refractivity contribution in [3.05, 3.63) is 12.4 Å². The van der Waals surface area contributed by atoms with Crippen LogP contribution in [0.2, 0.25) is 0 Å². The molecule has 0 radical (unpaired) electrons. The highest BCUT2D eigenvalue weighted by molar-refractivity contribution is 5.18. The Hall–Kier alpha value is -0.990. The summed E-state index contributed by atoms with van der Waals surface area (Å²) in [6.07, 6.45) is 10.4. The smallest absolute Gasteiger partial charge is 0.200 e. The Morgan fingerprint density at radius 3 is 3.07 bits per heavy atom. The van der Waals surface area contributed by atoms with Crippen LogP contribution in [0.4, 0.5) is 5.95 Å². The lowest BCUT2D eigenvalue weighted by Crippen LogP contribution is -2.19. The average molecular weight is 193 g/mol. The quantitative estimate of drug-likeness (QED) is 0.784. The molecule has 0 aromatic carbocycles. The van der Waals surface area contributed by atoms with Gasteiger partial charge in [-0.3, -0.25) is 0 Å². The van der Waals surface area contributed by atoms with E-state index in [-0.39, 0.29) is 0 Å². The van der Waals surface area contributed by atoms with Gasteiger partial charge in [-0.1, -0.05) is 26.2 Å². The zero-order valence-corrected chi connectivity index (χ0v) is 8.82. The van der Waals surface area contributed by atoms with E-state index in [1.807, 2.05) is 6.20 Å². The Morgan fingerprint density at radius 1 is 1.57 bits per heavy atom. The van der Waals surface area contributed by atoms with Crippen LogP contribution in [0.15, 0.2) is 12.4 Å². The van der Waals surface area contributed by atoms with Gasteiger partial charge in [0.15, 0.2) is 5.95 Å². The van der Waals surface area contributed by atoms with Gasteiger partial charge < -0.3 is 10.3 Å². The summed E-state index contributed by atoms with van der Waals surface area (Å²) in [5, 5.41) is 0. The van der Waals surface area contributed by atoms with Gasteiger partial charge in [-0.25, -0.2) is 4.98 Å². The number of imidazole rings is 1. The van der Waals surface area contributed by atoms with Crippen LogP contribution in [-0.4, -0.2) is 9.55 Å². The van der Waals surface area contributed by atoms with Gasteiger partial charge in [0.05, 0.1) is 0 Å². The molecular formula is C11H19N3. The number of hydrogen-bond acceptors (Lipinski definition) is 2. The first-order chi connectivity index (χ1) is 6.81. The third-order valence-corrected chi connectivity index (χ3v) is 3.42. The SMILES string of the molecule is CCC1CCCC(n2ccnc2N)C1. The monoisotopic (exact) mass is 193 g/mol. The van der Waals surface area contributed by atoms with E-state index in [1.54, 1.807) is 6.20 Å². The largest absolute Gasteiger partial charge is 0.369 e. The Morgan fingerprint density at radius 2 is 2.43 bits per heavy atom. The van der Waals surface area contributed by atoms with E-state index in [2.05, 4.69) is 16.5 Å². The molecule has 78 valence electrons. The lowest BCUT2D eigenvalue weighted by Gasteiger charge is -2.29. The molecule has 1 fully saturated rings. The molecule has 1 aromatic rings. The van der Waals surface area contributed by atoms with Crippen LogP contribution in [0, 0.1) is 5.92 Å². The Bertz CT molecular complexity index is 292. The minimum Gasteiger partial charge on any atom is -0.369 e. The first-order valence-electron chi connectivity index (χ1n) is 5.59. The predicted molar refractivity (Wildman–Crippen MR) is 57.9 cm³/mol. The topological polar surface area (TPSA) is 43.8 Å². The fourth-order valence-electron chi connectivity index (χ4n) is 2.52. The van der Waals surface area contributed by atoms with Gasteiger partial charge in [-0.2, -0.15) is 0 Å². The van der Waals surface area contributed by atoms with Crippen molar-refractivity contribution in [2.45, 2.75) is 45.1 Å². The highest BCUT2D eigenvalue weighted by Crippen LogP contribution is 2.34. The second-order valence-electron chi connectivity index (χ2n) is 4.29. The van der Waals surface area contributed by atoms with Crippen LogP contribution in [-0.2, 0) is 0 Å². The van der Waals surface area contributed by atoms with Crippen molar-refractivity contribution < 1.29 is 0 Å². The molecule has 1 aliphatic rings. The number of aromatic nitrogens is 2. The molecule has 2 unspecified atom stereocenters. The van der Waals surface area contributed by atoms with E-state index in [0.29, 0.717) is 12.0 Å². The maximum absolute atomic E-state index is 5.81. The molecule has 2 N–H and O–H groups in total. The van der Waals surface area contributed by atoms with Crippen LogP contribution in [0.1, 0.15) is 45.1 Å². The molecule has 1 heterocycles. The van der Waals surface area contributed by atoms with E-state index in [9.17, 15) is 0 Å². The summed E-state index contributed by atoms with van der Waals surface area (Å²) >= 11 is 0. The Labute approximate surface area is 85.3 Å². The fourth-order valence-corrected chi connectivity index (χ4v) is 2.52. The maximum Gasteiger partial charge on any atom is 0.200 e. The van der Waals surface area contributed by atoms with Gasteiger partial charge >= 0.3 is 0 Å². The molecule has 3 heteroatoms. The summed E-state index contributed by atoms with van der Waals surface area (Å²) in [7, 11) is 0.